The van der Waals surface area contributed by atoms with Gasteiger partial charge in [-0.05, 0) is 70.7 Å². The molecule has 1 unspecified atom stereocenters. The van der Waals surface area contributed by atoms with Crippen LogP contribution in [0.1, 0.15) is 52.1 Å². The van der Waals surface area contributed by atoms with Gasteiger partial charge in [0.1, 0.15) is 5.82 Å². The van der Waals surface area contributed by atoms with E-state index in [1.54, 1.807) is 0 Å². The fourth-order valence-corrected chi connectivity index (χ4v) is 3.93. The zero-order valence-electron chi connectivity index (χ0n) is 17.2. The monoisotopic (exact) mass is 367 g/mol. The highest BCUT2D eigenvalue weighted by atomic mass is 15.3. The maximum Gasteiger partial charge on any atom is 0.227 e. The van der Waals surface area contributed by atoms with E-state index in [0.29, 0.717) is 6.04 Å². The first-order valence-corrected chi connectivity index (χ1v) is 10.4. The molecule has 1 fully saturated rings. The van der Waals surface area contributed by atoms with E-state index in [1.807, 2.05) is 13.0 Å². The Morgan fingerprint density at radius 2 is 1.81 bits per heavy atom. The lowest BCUT2D eigenvalue weighted by Crippen LogP contribution is -2.40. The van der Waals surface area contributed by atoms with Crippen molar-refractivity contribution in [3.63, 3.8) is 0 Å². The summed E-state index contributed by atoms with van der Waals surface area (Å²) in [6.45, 7) is 11.8. The molecule has 1 aliphatic heterocycles. The Bertz CT molecular complexity index is 724. The topological polar surface area (TPSA) is 44.3 Å². The lowest BCUT2D eigenvalue weighted by atomic mass is 10.0. The predicted molar refractivity (Wildman–Crippen MR) is 115 cm³/mol. The number of benzene rings is 1. The molecular formula is C22H33N5. The van der Waals surface area contributed by atoms with E-state index in [2.05, 4.69) is 60.2 Å². The van der Waals surface area contributed by atoms with Crippen molar-refractivity contribution in [2.24, 2.45) is 0 Å². The number of rotatable bonds is 7. The number of hydrogen-bond donors (Lipinski definition) is 1. The largest absolute Gasteiger partial charge is 0.372 e. The van der Waals surface area contributed by atoms with Crippen molar-refractivity contribution >= 4 is 23.1 Å². The summed E-state index contributed by atoms with van der Waals surface area (Å²) in [5, 5.41) is 3.46. The lowest BCUT2D eigenvalue weighted by Gasteiger charge is -2.35. The maximum absolute atomic E-state index is 4.83. The summed E-state index contributed by atoms with van der Waals surface area (Å²) < 4.78 is 0. The smallest absolute Gasteiger partial charge is 0.227 e. The molecule has 0 spiro atoms. The van der Waals surface area contributed by atoms with Crippen LogP contribution in [-0.2, 0) is 0 Å². The van der Waals surface area contributed by atoms with Crippen LogP contribution in [0.2, 0.25) is 0 Å². The van der Waals surface area contributed by atoms with E-state index >= 15 is 0 Å². The fourth-order valence-electron chi connectivity index (χ4n) is 3.93. The Hall–Kier alpha value is -2.30. The first-order chi connectivity index (χ1) is 13.1. The summed E-state index contributed by atoms with van der Waals surface area (Å²) >= 11 is 0. The van der Waals surface area contributed by atoms with Crippen molar-refractivity contribution in [3.8, 4) is 0 Å². The number of hydrogen-bond acceptors (Lipinski definition) is 5. The number of aryl methyl sites for hydroxylation is 1. The van der Waals surface area contributed by atoms with E-state index in [-0.39, 0.29) is 0 Å². The van der Waals surface area contributed by atoms with E-state index in [1.165, 1.54) is 24.9 Å². The average Bonchev–Trinajstić information content (AvgIpc) is 2.69. The Morgan fingerprint density at radius 1 is 1.07 bits per heavy atom. The molecule has 0 amide bonds. The summed E-state index contributed by atoms with van der Waals surface area (Å²) in [5.41, 5.74) is 3.31. The third kappa shape index (κ3) is 4.71. The third-order valence-corrected chi connectivity index (χ3v) is 5.47. The Labute approximate surface area is 163 Å². The third-order valence-electron chi connectivity index (χ3n) is 5.47. The Balaban J connectivity index is 1.78. The van der Waals surface area contributed by atoms with Crippen molar-refractivity contribution < 1.29 is 0 Å². The van der Waals surface area contributed by atoms with Gasteiger partial charge in [0.2, 0.25) is 5.95 Å². The lowest BCUT2D eigenvalue weighted by molar-refractivity contribution is 0.443. The number of nitrogens with zero attached hydrogens (tertiary/aromatic N) is 4. The van der Waals surface area contributed by atoms with Crippen LogP contribution in [0.15, 0.2) is 30.3 Å². The molecule has 3 rings (SSSR count). The molecule has 2 heterocycles. The fraction of sp³-hybridized carbons (Fsp3) is 0.545. The van der Waals surface area contributed by atoms with Crippen LogP contribution >= 0.6 is 0 Å². The second kappa shape index (κ2) is 9.07. The van der Waals surface area contributed by atoms with Gasteiger partial charge in [-0.1, -0.05) is 6.92 Å². The second-order valence-corrected chi connectivity index (χ2v) is 7.29. The van der Waals surface area contributed by atoms with Gasteiger partial charge in [0, 0.05) is 48.8 Å². The summed E-state index contributed by atoms with van der Waals surface area (Å²) in [6, 6.07) is 11.2. The molecule has 1 aromatic carbocycles. The minimum Gasteiger partial charge on any atom is -0.372 e. The van der Waals surface area contributed by atoms with Crippen LogP contribution < -0.4 is 15.1 Å². The van der Waals surface area contributed by atoms with Gasteiger partial charge < -0.3 is 15.1 Å². The zero-order chi connectivity index (χ0) is 19.2. The Kier molecular flexibility index (Phi) is 6.54. The van der Waals surface area contributed by atoms with Crippen molar-refractivity contribution in [2.45, 2.75) is 59.4 Å². The van der Waals surface area contributed by atoms with E-state index < -0.39 is 0 Å². The summed E-state index contributed by atoms with van der Waals surface area (Å²) in [6.07, 6.45) is 4.92. The zero-order valence-corrected chi connectivity index (χ0v) is 17.2. The van der Waals surface area contributed by atoms with Crippen molar-refractivity contribution in [3.05, 3.63) is 36.0 Å². The molecule has 5 nitrogen and oxygen atoms in total. The molecule has 0 radical (unpaired) electrons. The molecule has 1 atom stereocenters. The van der Waals surface area contributed by atoms with Crippen molar-refractivity contribution in [1.29, 1.82) is 0 Å². The first kappa shape index (κ1) is 19.5. The molecule has 1 N–H and O–H groups in total. The molecule has 146 valence electrons. The highest BCUT2D eigenvalue weighted by Crippen LogP contribution is 2.26. The molecule has 1 aromatic heterocycles. The SMILES string of the molecule is CCC1CCCCN1c1nc(C)cc(Nc2ccc(N(CC)CC)cc2)n1. The van der Waals surface area contributed by atoms with Gasteiger partial charge >= 0.3 is 0 Å². The molecule has 1 saturated heterocycles. The summed E-state index contributed by atoms with van der Waals surface area (Å²) in [4.78, 5) is 14.3. The van der Waals surface area contributed by atoms with Gasteiger partial charge in [-0.25, -0.2) is 4.98 Å². The number of nitrogens with one attached hydrogen (secondary N) is 1. The molecule has 0 aliphatic carbocycles. The van der Waals surface area contributed by atoms with E-state index in [0.717, 1.165) is 49.2 Å². The molecule has 27 heavy (non-hydrogen) atoms. The predicted octanol–water partition coefficient (Wildman–Crippen LogP) is 5.14. The Morgan fingerprint density at radius 3 is 2.48 bits per heavy atom. The van der Waals surface area contributed by atoms with Crippen LogP contribution in [0.25, 0.3) is 0 Å². The summed E-state index contributed by atoms with van der Waals surface area (Å²) in [7, 11) is 0. The highest BCUT2D eigenvalue weighted by Gasteiger charge is 2.23. The highest BCUT2D eigenvalue weighted by molar-refractivity contribution is 5.61. The van der Waals surface area contributed by atoms with Gasteiger partial charge in [0.15, 0.2) is 0 Å². The average molecular weight is 368 g/mol. The second-order valence-electron chi connectivity index (χ2n) is 7.29. The first-order valence-electron chi connectivity index (χ1n) is 10.4. The van der Waals surface area contributed by atoms with Gasteiger partial charge in [-0.2, -0.15) is 4.98 Å². The minimum atomic E-state index is 0.557. The molecule has 1 aliphatic rings. The van der Waals surface area contributed by atoms with Crippen LogP contribution in [0.4, 0.5) is 23.1 Å². The molecule has 0 saturated carbocycles. The summed E-state index contributed by atoms with van der Waals surface area (Å²) in [5.74, 6) is 1.73. The number of anilines is 4. The molecule has 2 aromatic rings. The molecule has 0 bridgehead atoms. The van der Waals surface area contributed by atoms with Gasteiger partial charge in [-0.15, -0.1) is 0 Å². The standard InChI is InChI=1S/C22H33N5/c1-5-19-10-8-9-15-27(19)22-23-17(4)16-21(25-22)24-18-11-13-20(14-12-18)26(6-2)7-3/h11-14,16,19H,5-10,15H2,1-4H3,(H,23,24,25). The number of piperidine rings is 1. The van der Waals surface area contributed by atoms with Crippen LogP contribution in [0.5, 0.6) is 0 Å². The van der Waals surface area contributed by atoms with Crippen LogP contribution in [0.3, 0.4) is 0 Å². The van der Waals surface area contributed by atoms with Crippen molar-refractivity contribution in [1.82, 2.24) is 9.97 Å². The quantitative estimate of drug-likeness (QED) is 0.734. The maximum atomic E-state index is 4.83. The van der Waals surface area contributed by atoms with E-state index in [9.17, 15) is 0 Å². The van der Waals surface area contributed by atoms with E-state index in [4.69, 9.17) is 9.97 Å². The van der Waals surface area contributed by atoms with Crippen LogP contribution in [-0.4, -0.2) is 35.6 Å². The molecular weight excluding hydrogens is 334 g/mol. The van der Waals surface area contributed by atoms with Gasteiger partial charge in [0.25, 0.3) is 0 Å². The van der Waals surface area contributed by atoms with Gasteiger partial charge in [0.05, 0.1) is 0 Å². The normalized spacial score (nSPS) is 17.0. The molecule has 5 heteroatoms. The van der Waals surface area contributed by atoms with Gasteiger partial charge in [-0.3, -0.25) is 0 Å². The van der Waals surface area contributed by atoms with Crippen molar-refractivity contribution in [2.75, 3.05) is 34.8 Å². The minimum absolute atomic E-state index is 0.557. The number of aromatic nitrogens is 2. The van der Waals surface area contributed by atoms with Crippen LogP contribution in [0, 0.1) is 6.92 Å².